The maximum atomic E-state index is 8.00. The molecule has 0 amide bonds. The van der Waals surface area contributed by atoms with Gasteiger partial charge in [0.05, 0.1) is 11.4 Å². The number of allylic oxidation sites excluding steroid dienone is 3. The quantitative estimate of drug-likeness (QED) is 0.726. The lowest BCUT2D eigenvalue weighted by Gasteiger charge is -2.33. The number of hydrogen-bond acceptors (Lipinski definition) is 3. The SMILES string of the molecule is C=C/C=C1\C(=C/C)Sc2ccccc2N1CC.C=O.CC. The Morgan fingerprint density at radius 1 is 1.24 bits per heavy atom. The maximum absolute atomic E-state index is 8.00. The number of benzene rings is 1. The van der Waals surface area contributed by atoms with Gasteiger partial charge in [-0.1, -0.05) is 56.5 Å². The highest BCUT2D eigenvalue weighted by Crippen LogP contribution is 2.45. The monoisotopic (exact) mass is 303 g/mol. The molecule has 0 saturated heterocycles. The summed E-state index contributed by atoms with van der Waals surface area (Å²) in [4.78, 5) is 13.0. The van der Waals surface area contributed by atoms with E-state index >= 15 is 0 Å². The van der Waals surface area contributed by atoms with Crippen LogP contribution in [0.3, 0.4) is 0 Å². The molecule has 0 fully saturated rings. The van der Waals surface area contributed by atoms with Crippen LogP contribution < -0.4 is 4.90 Å². The number of fused-ring (bicyclic) bond motifs is 1. The first-order chi connectivity index (χ1) is 10.3. The largest absolute Gasteiger partial charge is 0.340 e. The van der Waals surface area contributed by atoms with Crippen molar-refractivity contribution in [2.24, 2.45) is 0 Å². The molecule has 0 spiro atoms. The van der Waals surface area contributed by atoms with E-state index in [-0.39, 0.29) is 0 Å². The van der Waals surface area contributed by atoms with Crippen molar-refractivity contribution in [1.82, 2.24) is 0 Å². The van der Waals surface area contributed by atoms with Crippen LogP contribution in [0.15, 0.2) is 64.6 Å². The van der Waals surface area contributed by atoms with Crippen LogP contribution >= 0.6 is 11.8 Å². The van der Waals surface area contributed by atoms with E-state index in [9.17, 15) is 0 Å². The van der Waals surface area contributed by atoms with Crippen LogP contribution in [0.2, 0.25) is 0 Å². The molecule has 0 bridgehead atoms. The minimum Gasteiger partial charge on any atom is -0.340 e. The van der Waals surface area contributed by atoms with Crippen molar-refractivity contribution in [3.05, 3.63) is 59.7 Å². The van der Waals surface area contributed by atoms with Crippen LogP contribution in [0.25, 0.3) is 0 Å². The van der Waals surface area contributed by atoms with Gasteiger partial charge in [-0.15, -0.1) is 0 Å². The molecule has 0 saturated carbocycles. The molecule has 0 radical (unpaired) electrons. The zero-order chi connectivity index (χ0) is 16.3. The molecular formula is C18H25NOS. The fraction of sp³-hybridized carbons (Fsp3) is 0.278. The van der Waals surface area contributed by atoms with Gasteiger partial charge >= 0.3 is 0 Å². The molecular weight excluding hydrogens is 278 g/mol. The number of anilines is 1. The van der Waals surface area contributed by atoms with Gasteiger partial charge in [0.1, 0.15) is 6.79 Å². The number of carbonyl (C=O) groups is 1. The minimum absolute atomic E-state index is 0.967. The highest BCUT2D eigenvalue weighted by molar-refractivity contribution is 8.03. The van der Waals surface area contributed by atoms with Crippen molar-refractivity contribution in [2.75, 3.05) is 11.4 Å². The predicted octanol–water partition coefficient (Wildman–Crippen LogP) is 5.43. The normalized spacial score (nSPS) is 16.3. The van der Waals surface area contributed by atoms with Crippen molar-refractivity contribution in [2.45, 2.75) is 32.6 Å². The predicted molar refractivity (Wildman–Crippen MR) is 95.8 cm³/mol. The Labute approximate surface area is 133 Å². The number of likely N-dealkylation sites (N-methyl/N-ethyl adjacent to an activating group) is 1. The summed E-state index contributed by atoms with van der Waals surface area (Å²) in [7, 11) is 0. The Hall–Kier alpha value is -1.74. The van der Waals surface area contributed by atoms with Crippen molar-refractivity contribution in [1.29, 1.82) is 0 Å². The molecule has 2 nitrogen and oxygen atoms in total. The summed E-state index contributed by atoms with van der Waals surface area (Å²) in [5, 5.41) is 0. The standard InChI is InChI=1S/C15H17NS.C2H6.CH2O/c1-4-9-12-14(5-2)17-15-11-8-7-10-13(15)16(12)6-3;2*1-2/h4-5,7-11H,1,6H2,2-3H3;1-2H3;1H2/b12-9+,14-5+;;. The molecule has 1 aromatic carbocycles. The summed E-state index contributed by atoms with van der Waals surface area (Å²) < 4.78 is 0. The third-order valence-corrected chi connectivity index (χ3v) is 4.00. The van der Waals surface area contributed by atoms with Gasteiger partial charge in [-0.3, -0.25) is 0 Å². The van der Waals surface area contributed by atoms with Gasteiger partial charge in [0.15, 0.2) is 0 Å². The van der Waals surface area contributed by atoms with Crippen molar-refractivity contribution >= 4 is 24.2 Å². The third kappa shape index (κ3) is 4.64. The number of carbonyl (C=O) groups excluding carboxylic acids is 1. The van der Waals surface area contributed by atoms with Crippen molar-refractivity contribution < 1.29 is 4.79 Å². The Morgan fingerprint density at radius 3 is 2.38 bits per heavy atom. The van der Waals surface area contributed by atoms with Gasteiger partial charge in [0, 0.05) is 16.3 Å². The maximum Gasteiger partial charge on any atom is 0.106 e. The molecule has 114 valence electrons. The van der Waals surface area contributed by atoms with Gasteiger partial charge in [0.25, 0.3) is 0 Å². The van der Waals surface area contributed by atoms with E-state index in [0.29, 0.717) is 0 Å². The van der Waals surface area contributed by atoms with E-state index in [4.69, 9.17) is 4.79 Å². The Morgan fingerprint density at radius 2 is 1.86 bits per heavy atom. The van der Waals surface area contributed by atoms with Crippen LogP contribution in [0.4, 0.5) is 5.69 Å². The highest BCUT2D eigenvalue weighted by Gasteiger charge is 2.23. The van der Waals surface area contributed by atoms with E-state index in [1.54, 1.807) is 0 Å². The molecule has 0 unspecified atom stereocenters. The molecule has 0 aromatic heterocycles. The first-order valence-electron chi connectivity index (χ1n) is 7.14. The lowest BCUT2D eigenvalue weighted by atomic mass is 10.2. The van der Waals surface area contributed by atoms with Gasteiger partial charge in [-0.2, -0.15) is 0 Å². The number of hydrogen-bond donors (Lipinski definition) is 0. The number of thioether (sulfide) groups is 1. The number of rotatable bonds is 2. The van der Waals surface area contributed by atoms with Crippen LogP contribution in [0, 0.1) is 0 Å². The number of para-hydroxylation sites is 1. The number of nitrogens with zero attached hydrogens (tertiary/aromatic N) is 1. The van der Waals surface area contributed by atoms with E-state index < -0.39 is 0 Å². The molecule has 1 aromatic rings. The average Bonchev–Trinajstić information content (AvgIpc) is 2.58. The molecule has 1 heterocycles. The molecule has 3 heteroatoms. The van der Waals surface area contributed by atoms with Crippen LogP contribution in [-0.4, -0.2) is 13.3 Å². The second-order valence-electron chi connectivity index (χ2n) is 3.75. The Kier molecular flexibility index (Phi) is 10.1. The zero-order valence-corrected chi connectivity index (χ0v) is 14.2. The zero-order valence-electron chi connectivity index (χ0n) is 13.4. The summed E-state index contributed by atoms with van der Waals surface area (Å²) in [5.74, 6) is 0. The highest BCUT2D eigenvalue weighted by atomic mass is 32.2. The van der Waals surface area contributed by atoms with Gasteiger partial charge < -0.3 is 9.69 Å². The van der Waals surface area contributed by atoms with Crippen molar-refractivity contribution in [3.8, 4) is 0 Å². The minimum atomic E-state index is 0.967. The van der Waals surface area contributed by atoms with Gasteiger partial charge in [-0.25, -0.2) is 0 Å². The molecule has 1 aliphatic rings. The van der Waals surface area contributed by atoms with Gasteiger partial charge in [0.2, 0.25) is 0 Å². The summed E-state index contributed by atoms with van der Waals surface area (Å²) in [6.07, 6.45) is 6.11. The second kappa shape index (κ2) is 11.0. The topological polar surface area (TPSA) is 20.3 Å². The first-order valence-corrected chi connectivity index (χ1v) is 7.96. The molecule has 0 atom stereocenters. The van der Waals surface area contributed by atoms with E-state index in [2.05, 4.69) is 61.7 Å². The first kappa shape index (κ1) is 19.3. The van der Waals surface area contributed by atoms with E-state index in [1.807, 2.05) is 38.5 Å². The van der Waals surface area contributed by atoms with Gasteiger partial charge in [-0.05, 0) is 32.1 Å². The smallest absolute Gasteiger partial charge is 0.106 e. The van der Waals surface area contributed by atoms with E-state index in [1.165, 1.54) is 21.2 Å². The molecule has 0 N–H and O–H groups in total. The van der Waals surface area contributed by atoms with Crippen LogP contribution in [0.5, 0.6) is 0 Å². The van der Waals surface area contributed by atoms with Crippen LogP contribution in [0.1, 0.15) is 27.7 Å². The average molecular weight is 303 g/mol. The summed E-state index contributed by atoms with van der Waals surface area (Å²) >= 11 is 1.83. The van der Waals surface area contributed by atoms with E-state index in [0.717, 1.165) is 6.54 Å². The Bertz CT molecular complexity index is 506. The molecule has 21 heavy (non-hydrogen) atoms. The summed E-state index contributed by atoms with van der Waals surface area (Å²) in [6.45, 7) is 15.0. The lowest BCUT2D eigenvalue weighted by molar-refractivity contribution is -0.0979. The molecule has 0 aliphatic carbocycles. The fourth-order valence-electron chi connectivity index (χ4n) is 2.03. The summed E-state index contributed by atoms with van der Waals surface area (Å²) in [5.41, 5.74) is 2.53. The second-order valence-corrected chi connectivity index (χ2v) is 4.84. The van der Waals surface area contributed by atoms with Crippen LogP contribution in [-0.2, 0) is 4.79 Å². The third-order valence-electron chi connectivity index (χ3n) is 2.77. The fourth-order valence-corrected chi connectivity index (χ4v) is 3.10. The molecule has 2 rings (SSSR count). The molecule has 1 aliphatic heterocycles. The van der Waals surface area contributed by atoms with Crippen molar-refractivity contribution in [3.63, 3.8) is 0 Å². The Balaban J connectivity index is 0.000000921. The summed E-state index contributed by atoms with van der Waals surface area (Å²) in [6, 6.07) is 8.54. The lowest BCUT2D eigenvalue weighted by Crippen LogP contribution is -2.25.